The van der Waals surface area contributed by atoms with Crippen LogP contribution in [0, 0.1) is 0 Å². The Balaban J connectivity index is 1.70. The Labute approximate surface area is 167 Å². The van der Waals surface area contributed by atoms with Crippen LogP contribution in [0.5, 0.6) is 0 Å². The Bertz CT molecular complexity index is 960. The van der Waals surface area contributed by atoms with E-state index in [-0.39, 0.29) is 18.7 Å². The summed E-state index contributed by atoms with van der Waals surface area (Å²) in [5, 5.41) is 22.6. The average Bonchev–Trinajstić information content (AvgIpc) is 3.11. The fourth-order valence-corrected chi connectivity index (χ4v) is 4.13. The van der Waals surface area contributed by atoms with Crippen molar-refractivity contribution in [1.82, 2.24) is 20.3 Å². The first kappa shape index (κ1) is 18.5. The van der Waals surface area contributed by atoms with Gasteiger partial charge in [-0.1, -0.05) is 34.5 Å². The number of halogens is 2. The van der Waals surface area contributed by atoms with E-state index in [1.54, 1.807) is 6.07 Å². The molecular weight excluding hydrogens is 385 g/mol. The Morgan fingerprint density at radius 2 is 2.11 bits per heavy atom. The zero-order chi connectivity index (χ0) is 19.0. The van der Waals surface area contributed by atoms with Crippen LogP contribution in [-0.4, -0.2) is 52.4 Å². The second-order valence-corrected chi connectivity index (χ2v) is 7.67. The molecule has 2 atom stereocenters. The molecule has 1 aliphatic rings. The molecule has 6 nitrogen and oxygen atoms in total. The van der Waals surface area contributed by atoms with Gasteiger partial charge in [0, 0.05) is 41.4 Å². The number of aliphatic hydroxyl groups is 1. The molecule has 4 rings (SSSR count). The monoisotopic (exact) mass is 405 g/mol. The van der Waals surface area contributed by atoms with Crippen molar-refractivity contribution in [1.29, 1.82) is 0 Å². The van der Waals surface area contributed by atoms with E-state index in [0.717, 1.165) is 41.9 Å². The van der Waals surface area contributed by atoms with Crippen molar-refractivity contribution >= 4 is 39.9 Å². The summed E-state index contributed by atoms with van der Waals surface area (Å²) in [6.45, 7) is 4.68. The highest BCUT2D eigenvalue weighted by Crippen LogP contribution is 2.31. The number of aliphatic hydroxyl groups excluding tert-OH is 1. The minimum Gasteiger partial charge on any atom is -0.395 e. The Hall–Kier alpha value is -1.86. The van der Waals surface area contributed by atoms with Gasteiger partial charge in [0.25, 0.3) is 0 Å². The summed E-state index contributed by atoms with van der Waals surface area (Å²) < 4.78 is 1.89. The van der Waals surface area contributed by atoms with Crippen molar-refractivity contribution in [3.63, 3.8) is 0 Å². The predicted molar refractivity (Wildman–Crippen MR) is 109 cm³/mol. The van der Waals surface area contributed by atoms with E-state index in [1.165, 1.54) is 0 Å². The van der Waals surface area contributed by atoms with Crippen LogP contribution < -0.4 is 10.2 Å². The van der Waals surface area contributed by atoms with Crippen LogP contribution in [0.15, 0.2) is 36.4 Å². The summed E-state index contributed by atoms with van der Waals surface area (Å²) >= 11 is 12.4. The van der Waals surface area contributed by atoms with Crippen LogP contribution in [0.25, 0.3) is 11.0 Å². The number of nitrogens with zero attached hydrogens (tertiary/aromatic N) is 4. The number of hydrogen-bond donors (Lipinski definition) is 2. The van der Waals surface area contributed by atoms with Gasteiger partial charge in [0.15, 0.2) is 0 Å². The standard InChI is InChI=1S/C19H21Cl2N5O/c1-12(16-4-2-13(20)8-17(16)21)26-19-9-15(3-5-18(19)23-24-26)25-7-6-22-14(10-25)11-27/h2-5,8-9,12,14,22,27H,6-7,10-11H2,1H3/t12?,14-/m0/s1. The highest BCUT2D eigenvalue weighted by Gasteiger charge is 2.21. The van der Waals surface area contributed by atoms with Gasteiger partial charge in [-0.3, -0.25) is 0 Å². The Morgan fingerprint density at radius 1 is 1.26 bits per heavy atom. The second-order valence-electron chi connectivity index (χ2n) is 6.83. The number of aromatic nitrogens is 3. The van der Waals surface area contributed by atoms with Gasteiger partial charge in [-0.25, -0.2) is 4.68 Å². The number of hydrogen-bond acceptors (Lipinski definition) is 5. The molecule has 0 radical (unpaired) electrons. The van der Waals surface area contributed by atoms with Gasteiger partial charge in [-0.2, -0.15) is 0 Å². The molecule has 142 valence electrons. The zero-order valence-corrected chi connectivity index (χ0v) is 16.5. The molecule has 1 aromatic heterocycles. The molecule has 1 fully saturated rings. The highest BCUT2D eigenvalue weighted by atomic mass is 35.5. The van der Waals surface area contributed by atoms with Crippen molar-refractivity contribution < 1.29 is 5.11 Å². The van der Waals surface area contributed by atoms with Gasteiger partial charge in [-0.05, 0) is 42.8 Å². The lowest BCUT2D eigenvalue weighted by molar-refractivity contribution is 0.235. The van der Waals surface area contributed by atoms with E-state index in [2.05, 4.69) is 32.7 Å². The van der Waals surface area contributed by atoms with Crippen LogP contribution in [0.3, 0.4) is 0 Å². The maximum atomic E-state index is 9.45. The quantitative estimate of drug-likeness (QED) is 0.697. The molecule has 2 N–H and O–H groups in total. The topological polar surface area (TPSA) is 66.2 Å². The number of benzene rings is 2. The second kappa shape index (κ2) is 7.64. The van der Waals surface area contributed by atoms with Crippen LogP contribution >= 0.6 is 23.2 Å². The van der Waals surface area contributed by atoms with Gasteiger partial charge in [0.2, 0.25) is 0 Å². The summed E-state index contributed by atoms with van der Waals surface area (Å²) in [7, 11) is 0. The molecule has 1 saturated heterocycles. The minimum absolute atomic E-state index is 0.0803. The summed E-state index contributed by atoms with van der Waals surface area (Å²) in [4.78, 5) is 2.27. The largest absolute Gasteiger partial charge is 0.395 e. The SMILES string of the molecule is CC(c1ccc(Cl)cc1Cl)n1nnc2ccc(N3CCN[C@H](CO)C3)cc21. The van der Waals surface area contributed by atoms with Gasteiger partial charge >= 0.3 is 0 Å². The molecule has 1 aliphatic heterocycles. The van der Waals surface area contributed by atoms with Gasteiger partial charge in [0.1, 0.15) is 5.52 Å². The maximum Gasteiger partial charge on any atom is 0.113 e. The van der Waals surface area contributed by atoms with Crippen LogP contribution in [0.4, 0.5) is 5.69 Å². The summed E-state index contributed by atoms with van der Waals surface area (Å²) in [5.74, 6) is 0. The average molecular weight is 406 g/mol. The molecule has 8 heteroatoms. The summed E-state index contributed by atoms with van der Waals surface area (Å²) in [6, 6.07) is 11.7. The molecule has 3 aromatic rings. The van der Waals surface area contributed by atoms with Crippen molar-refractivity contribution in [3.05, 3.63) is 52.0 Å². The van der Waals surface area contributed by atoms with Crippen LogP contribution in [0.1, 0.15) is 18.5 Å². The van der Waals surface area contributed by atoms with Crippen LogP contribution in [-0.2, 0) is 0 Å². The van der Waals surface area contributed by atoms with E-state index in [4.69, 9.17) is 23.2 Å². The zero-order valence-electron chi connectivity index (χ0n) is 14.9. The van der Waals surface area contributed by atoms with Crippen molar-refractivity contribution in [2.75, 3.05) is 31.1 Å². The summed E-state index contributed by atoms with van der Waals surface area (Å²) in [6.07, 6.45) is 0. The van der Waals surface area contributed by atoms with Crippen molar-refractivity contribution in [2.24, 2.45) is 0 Å². The number of rotatable bonds is 4. The van der Waals surface area contributed by atoms with E-state index in [0.29, 0.717) is 10.0 Å². The smallest absolute Gasteiger partial charge is 0.113 e. The van der Waals surface area contributed by atoms with Gasteiger partial charge in [0.05, 0.1) is 18.2 Å². The molecule has 27 heavy (non-hydrogen) atoms. The molecule has 0 aliphatic carbocycles. The lowest BCUT2D eigenvalue weighted by Crippen LogP contribution is -2.52. The lowest BCUT2D eigenvalue weighted by atomic mass is 10.1. The third-order valence-corrected chi connectivity index (χ3v) is 5.64. The Morgan fingerprint density at radius 3 is 2.89 bits per heavy atom. The van der Waals surface area contributed by atoms with Crippen molar-refractivity contribution in [3.8, 4) is 0 Å². The van der Waals surface area contributed by atoms with Gasteiger partial charge in [-0.15, -0.1) is 5.10 Å². The van der Waals surface area contributed by atoms with Crippen LogP contribution in [0.2, 0.25) is 10.0 Å². The van der Waals surface area contributed by atoms with Crippen molar-refractivity contribution in [2.45, 2.75) is 19.0 Å². The Kier molecular flexibility index (Phi) is 5.23. The van der Waals surface area contributed by atoms with E-state index < -0.39 is 0 Å². The molecule has 2 heterocycles. The number of fused-ring (bicyclic) bond motifs is 1. The van der Waals surface area contributed by atoms with E-state index in [1.807, 2.05) is 29.8 Å². The first-order chi connectivity index (χ1) is 13.1. The molecule has 0 spiro atoms. The number of piperazine rings is 1. The fourth-order valence-electron chi connectivity index (χ4n) is 3.56. The predicted octanol–water partition coefficient (Wildman–Crippen LogP) is 3.12. The van der Waals surface area contributed by atoms with E-state index >= 15 is 0 Å². The number of anilines is 1. The first-order valence-corrected chi connectivity index (χ1v) is 9.71. The van der Waals surface area contributed by atoms with E-state index in [9.17, 15) is 5.11 Å². The highest BCUT2D eigenvalue weighted by molar-refractivity contribution is 6.35. The first-order valence-electron chi connectivity index (χ1n) is 8.96. The third kappa shape index (κ3) is 3.62. The molecular formula is C19H21Cl2N5O. The van der Waals surface area contributed by atoms with Gasteiger partial charge < -0.3 is 15.3 Å². The third-order valence-electron chi connectivity index (χ3n) is 5.08. The normalized spacial score (nSPS) is 18.8. The lowest BCUT2D eigenvalue weighted by Gasteiger charge is -2.34. The summed E-state index contributed by atoms with van der Waals surface area (Å²) in [5.41, 5.74) is 3.83. The maximum absolute atomic E-state index is 9.45. The fraction of sp³-hybridized carbons (Fsp3) is 0.368. The molecule has 0 amide bonds. The molecule has 1 unspecified atom stereocenters. The minimum atomic E-state index is -0.0803. The number of nitrogens with one attached hydrogen (secondary N) is 1. The molecule has 0 saturated carbocycles. The molecule has 0 bridgehead atoms. The molecule has 2 aromatic carbocycles.